The SMILES string of the molecule is CCn1c(C)cc(C(=O)N2CCC([C@@H]3OCCC3C(=O)O)CC2)c1C. The summed E-state index contributed by atoms with van der Waals surface area (Å²) in [5.41, 5.74) is 2.93. The second-order valence-electron chi connectivity index (χ2n) is 7.23. The molecule has 1 N–H and O–H groups in total. The van der Waals surface area contributed by atoms with Gasteiger partial charge in [-0.15, -0.1) is 0 Å². The average molecular weight is 348 g/mol. The molecule has 2 fully saturated rings. The molecule has 0 spiro atoms. The largest absolute Gasteiger partial charge is 0.481 e. The summed E-state index contributed by atoms with van der Waals surface area (Å²) in [6.45, 7) is 8.85. The van der Waals surface area contributed by atoms with Crippen LogP contribution >= 0.6 is 0 Å². The summed E-state index contributed by atoms with van der Waals surface area (Å²) in [6.07, 6.45) is 2.03. The molecule has 1 unspecified atom stereocenters. The molecule has 25 heavy (non-hydrogen) atoms. The minimum atomic E-state index is -0.756. The van der Waals surface area contributed by atoms with Crippen molar-refractivity contribution in [1.82, 2.24) is 9.47 Å². The fraction of sp³-hybridized carbons (Fsp3) is 0.684. The highest BCUT2D eigenvalue weighted by Crippen LogP contribution is 2.33. The van der Waals surface area contributed by atoms with E-state index in [1.165, 1.54) is 0 Å². The van der Waals surface area contributed by atoms with Gasteiger partial charge in [0.15, 0.2) is 0 Å². The maximum absolute atomic E-state index is 12.9. The summed E-state index contributed by atoms with van der Waals surface area (Å²) >= 11 is 0. The third-order valence-corrected chi connectivity index (χ3v) is 5.86. The fourth-order valence-electron chi connectivity index (χ4n) is 4.45. The van der Waals surface area contributed by atoms with Gasteiger partial charge in [0.25, 0.3) is 5.91 Å². The summed E-state index contributed by atoms with van der Waals surface area (Å²) in [5, 5.41) is 9.34. The van der Waals surface area contributed by atoms with Crippen molar-refractivity contribution in [3.8, 4) is 0 Å². The number of piperidine rings is 1. The Morgan fingerprint density at radius 1 is 1.24 bits per heavy atom. The van der Waals surface area contributed by atoms with E-state index in [0.717, 1.165) is 36.3 Å². The van der Waals surface area contributed by atoms with E-state index in [2.05, 4.69) is 11.5 Å². The van der Waals surface area contributed by atoms with Gasteiger partial charge in [0, 0.05) is 37.6 Å². The van der Waals surface area contributed by atoms with Crippen LogP contribution in [0.2, 0.25) is 0 Å². The number of likely N-dealkylation sites (tertiary alicyclic amines) is 1. The molecule has 2 atom stereocenters. The quantitative estimate of drug-likeness (QED) is 0.907. The number of carboxylic acids is 1. The molecule has 0 bridgehead atoms. The van der Waals surface area contributed by atoms with Gasteiger partial charge in [0.05, 0.1) is 17.6 Å². The molecule has 3 rings (SSSR count). The van der Waals surface area contributed by atoms with Crippen molar-refractivity contribution >= 4 is 11.9 Å². The predicted octanol–water partition coefficient (Wildman–Crippen LogP) is 2.47. The molecule has 6 heteroatoms. The maximum Gasteiger partial charge on any atom is 0.309 e. The lowest BCUT2D eigenvalue weighted by atomic mass is 9.84. The Bertz CT molecular complexity index is 659. The highest BCUT2D eigenvalue weighted by atomic mass is 16.5. The molecular weight excluding hydrogens is 320 g/mol. The molecule has 1 aromatic rings. The number of ether oxygens (including phenoxy) is 1. The molecule has 0 aromatic carbocycles. The minimum Gasteiger partial charge on any atom is -0.481 e. The van der Waals surface area contributed by atoms with E-state index in [0.29, 0.717) is 26.1 Å². The first-order valence-electron chi connectivity index (χ1n) is 9.24. The van der Waals surface area contributed by atoms with Crippen molar-refractivity contribution in [3.63, 3.8) is 0 Å². The summed E-state index contributed by atoms with van der Waals surface area (Å²) < 4.78 is 7.87. The van der Waals surface area contributed by atoms with E-state index in [4.69, 9.17) is 4.74 Å². The fourth-order valence-corrected chi connectivity index (χ4v) is 4.45. The number of amides is 1. The summed E-state index contributed by atoms with van der Waals surface area (Å²) in [7, 11) is 0. The van der Waals surface area contributed by atoms with Crippen molar-refractivity contribution in [2.24, 2.45) is 11.8 Å². The van der Waals surface area contributed by atoms with Gasteiger partial charge in [-0.05, 0) is 52.0 Å². The van der Waals surface area contributed by atoms with E-state index in [1.807, 2.05) is 24.8 Å². The van der Waals surface area contributed by atoms with Crippen molar-refractivity contribution in [2.75, 3.05) is 19.7 Å². The molecule has 0 radical (unpaired) electrons. The van der Waals surface area contributed by atoms with E-state index in [9.17, 15) is 14.7 Å². The molecule has 2 aliphatic rings. The zero-order chi connectivity index (χ0) is 18.1. The molecule has 2 aliphatic heterocycles. The molecule has 0 aliphatic carbocycles. The van der Waals surface area contributed by atoms with Crippen molar-refractivity contribution in [3.05, 3.63) is 23.0 Å². The van der Waals surface area contributed by atoms with Crippen LogP contribution in [0, 0.1) is 25.7 Å². The monoisotopic (exact) mass is 348 g/mol. The number of carbonyl (C=O) groups excluding carboxylic acids is 1. The number of nitrogens with zero attached hydrogens (tertiary/aromatic N) is 2. The van der Waals surface area contributed by atoms with Gasteiger partial charge in [0.2, 0.25) is 0 Å². The first-order valence-corrected chi connectivity index (χ1v) is 9.24. The van der Waals surface area contributed by atoms with Crippen LogP contribution in [0.5, 0.6) is 0 Å². The third-order valence-electron chi connectivity index (χ3n) is 5.86. The predicted molar refractivity (Wildman–Crippen MR) is 93.7 cm³/mol. The van der Waals surface area contributed by atoms with E-state index in [-0.39, 0.29) is 17.9 Å². The number of hydrogen-bond donors (Lipinski definition) is 1. The second-order valence-corrected chi connectivity index (χ2v) is 7.23. The Hall–Kier alpha value is -1.82. The highest BCUT2D eigenvalue weighted by Gasteiger charge is 2.41. The standard InChI is InChI=1S/C19H28N2O4/c1-4-21-12(2)11-16(13(21)3)18(22)20-8-5-14(6-9-20)17-15(19(23)24)7-10-25-17/h11,14-15,17H,4-10H2,1-3H3,(H,23,24)/t15?,17-/m0/s1. The van der Waals surface area contributed by atoms with Crippen LogP contribution in [0.25, 0.3) is 0 Å². The number of aryl methyl sites for hydroxylation is 1. The summed E-state index contributed by atoms with van der Waals surface area (Å²) in [5.74, 6) is -0.826. The van der Waals surface area contributed by atoms with Crippen molar-refractivity contribution in [2.45, 2.75) is 52.7 Å². The molecule has 138 valence electrons. The lowest BCUT2D eigenvalue weighted by Gasteiger charge is -2.35. The van der Waals surface area contributed by atoms with Crippen LogP contribution in [0.4, 0.5) is 0 Å². The van der Waals surface area contributed by atoms with Crippen LogP contribution < -0.4 is 0 Å². The maximum atomic E-state index is 12.9. The van der Waals surface area contributed by atoms with Crippen LogP contribution in [0.1, 0.15) is 47.9 Å². The Balaban J connectivity index is 1.64. The molecule has 1 amide bonds. The Morgan fingerprint density at radius 2 is 1.92 bits per heavy atom. The Morgan fingerprint density at radius 3 is 2.48 bits per heavy atom. The van der Waals surface area contributed by atoms with Crippen molar-refractivity contribution in [1.29, 1.82) is 0 Å². The Labute approximate surface area is 148 Å². The number of aliphatic carboxylic acids is 1. The zero-order valence-electron chi connectivity index (χ0n) is 15.3. The first-order chi connectivity index (χ1) is 11.9. The number of carbonyl (C=O) groups is 2. The number of rotatable bonds is 4. The van der Waals surface area contributed by atoms with Gasteiger partial charge >= 0.3 is 5.97 Å². The van der Waals surface area contributed by atoms with Crippen LogP contribution in [-0.2, 0) is 16.1 Å². The molecule has 6 nitrogen and oxygen atoms in total. The lowest BCUT2D eigenvalue weighted by Crippen LogP contribution is -2.43. The van der Waals surface area contributed by atoms with Gasteiger partial charge in [-0.25, -0.2) is 0 Å². The third kappa shape index (κ3) is 3.32. The van der Waals surface area contributed by atoms with Gasteiger partial charge in [-0.1, -0.05) is 0 Å². The molecule has 1 aromatic heterocycles. The second kappa shape index (κ2) is 7.20. The minimum absolute atomic E-state index is 0.0911. The molecule has 3 heterocycles. The van der Waals surface area contributed by atoms with E-state index in [1.54, 1.807) is 0 Å². The van der Waals surface area contributed by atoms with Crippen LogP contribution in [-0.4, -0.2) is 52.3 Å². The topological polar surface area (TPSA) is 71.8 Å². The molecular formula is C19H28N2O4. The van der Waals surface area contributed by atoms with Gasteiger partial charge < -0.3 is 19.3 Å². The number of aromatic nitrogens is 1. The molecule has 2 saturated heterocycles. The normalized spacial score (nSPS) is 24.7. The number of carboxylic acid groups (broad SMARTS) is 1. The van der Waals surface area contributed by atoms with E-state index >= 15 is 0 Å². The first kappa shape index (κ1) is 18.0. The van der Waals surface area contributed by atoms with Crippen LogP contribution in [0.15, 0.2) is 6.07 Å². The number of hydrogen-bond acceptors (Lipinski definition) is 3. The van der Waals surface area contributed by atoms with Gasteiger partial charge in [-0.3, -0.25) is 9.59 Å². The van der Waals surface area contributed by atoms with Crippen LogP contribution in [0.3, 0.4) is 0 Å². The zero-order valence-corrected chi connectivity index (χ0v) is 15.3. The average Bonchev–Trinajstić information content (AvgIpc) is 3.19. The smallest absolute Gasteiger partial charge is 0.309 e. The van der Waals surface area contributed by atoms with Crippen molar-refractivity contribution < 1.29 is 19.4 Å². The summed E-state index contributed by atoms with van der Waals surface area (Å²) in [6, 6.07) is 1.98. The van der Waals surface area contributed by atoms with Gasteiger partial charge in [0.1, 0.15) is 0 Å². The highest BCUT2D eigenvalue weighted by molar-refractivity contribution is 5.95. The molecule has 0 saturated carbocycles. The van der Waals surface area contributed by atoms with Gasteiger partial charge in [-0.2, -0.15) is 0 Å². The Kier molecular flexibility index (Phi) is 5.18. The lowest BCUT2D eigenvalue weighted by molar-refractivity contribution is -0.145. The van der Waals surface area contributed by atoms with E-state index < -0.39 is 11.9 Å². The summed E-state index contributed by atoms with van der Waals surface area (Å²) in [4.78, 5) is 26.2.